The zero-order valence-electron chi connectivity index (χ0n) is 27.4. The third-order valence-corrected chi connectivity index (χ3v) is 9.53. The van der Waals surface area contributed by atoms with Gasteiger partial charge in [0.05, 0.1) is 10.9 Å². The average molecular weight is 653 g/mol. The van der Waals surface area contributed by atoms with Crippen LogP contribution in [0.4, 0.5) is 0 Å². The van der Waals surface area contributed by atoms with Gasteiger partial charge < -0.3 is 4.42 Å². The van der Waals surface area contributed by atoms with E-state index in [0.29, 0.717) is 17.5 Å². The number of benzene rings is 7. The van der Waals surface area contributed by atoms with E-state index in [1.165, 1.54) is 0 Å². The van der Waals surface area contributed by atoms with Gasteiger partial charge in [-0.3, -0.25) is 0 Å². The van der Waals surface area contributed by atoms with Gasteiger partial charge in [-0.1, -0.05) is 146 Å². The van der Waals surface area contributed by atoms with Crippen LogP contribution in [-0.4, -0.2) is 19.9 Å². The molecule has 0 bridgehead atoms. The van der Waals surface area contributed by atoms with Crippen LogP contribution >= 0.6 is 0 Å². The third-order valence-electron chi connectivity index (χ3n) is 9.53. The van der Waals surface area contributed by atoms with Gasteiger partial charge in [0, 0.05) is 27.6 Å². The Morgan fingerprint density at radius 3 is 1.57 bits per heavy atom. The number of pyridine rings is 1. The highest BCUT2D eigenvalue weighted by molar-refractivity contribution is 6.19. The average Bonchev–Trinajstić information content (AvgIpc) is 3.58. The standard InChI is InChI=1S/C46H28N4O/c1-4-14-29(15-5-1)33-24-26-37(41-42-40(51-43(33)41)28-32-20-10-13-23-39(32)47-42)36-25-27-38(35-22-12-11-21-34(35)36)46-49-44(30-16-6-2-7-17-30)48-45(50-46)31-18-8-3-9-19-31/h1-28H. The zero-order valence-corrected chi connectivity index (χ0v) is 27.4. The summed E-state index contributed by atoms with van der Waals surface area (Å²) in [5.41, 5.74) is 10.4. The minimum Gasteiger partial charge on any atom is -0.454 e. The predicted molar refractivity (Wildman–Crippen MR) is 207 cm³/mol. The zero-order chi connectivity index (χ0) is 33.7. The Balaban J connectivity index is 1.23. The fraction of sp³-hybridized carbons (Fsp3) is 0. The van der Waals surface area contributed by atoms with Crippen molar-refractivity contribution in [3.8, 4) is 56.4 Å². The topological polar surface area (TPSA) is 64.7 Å². The van der Waals surface area contributed by atoms with Crippen molar-refractivity contribution in [2.75, 3.05) is 0 Å². The second-order valence-electron chi connectivity index (χ2n) is 12.6. The Hall–Kier alpha value is -6.98. The molecule has 3 aromatic heterocycles. The molecule has 0 aliphatic carbocycles. The highest BCUT2D eigenvalue weighted by Gasteiger charge is 2.22. The van der Waals surface area contributed by atoms with Crippen LogP contribution in [0, 0.1) is 0 Å². The van der Waals surface area contributed by atoms with Crippen molar-refractivity contribution in [1.29, 1.82) is 0 Å². The number of aromatic nitrogens is 4. The van der Waals surface area contributed by atoms with Crippen molar-refractivity contribution in [2.45, 2.75) is 0 Å². The molecule has 0 unspecified atom stereocenters. The summed E-state index contributed by atoms with van der Waals surface area (Å²) in [6.45, 7) is 0. The van der Waals surface area contributed by atoms with E-state index in [0.717, 1.165) is 82.7 Å². The van der Waals surface area contributed by atoms with E-state index in [9.17, 15) is 0 Å². The van der Waals surface area contributed by atoms with Crippen LogP contribution in [0.5, 0.6) is 0 Å². The van der Waals surface area contributed by atoms with E-state index < -0.39 is 0 Å². The van der Waals surface area contributed by atoms with Gasteiger partial charge in [0.15, 0.2) is 23.1 Å². The predicted octanol–water partition coefficient (Wildman–Crippen LogP) is 11.8. The van der Waals surface area contributed by atoms with Crippen LogP contribution in [0.25, 0.3) is 100 Å². The molecule has 238 valence electrons. The van der Waals surface area contributed by atoms with Gasteiger partial charge in [0.1, 0.15) is 11.1 Å². The summed E-state index contributed by atoms with van der Waals surface area (Å²) >= 11 is 0. The molecule has 0 radical (unpaired) electrons. The van der Waals surface area contributed by atoms with Crippen molar-refractivity contribution in [1.82, 2.24) is 19.9 Å². The molecule has 0 spiro atoms. The monoisotopic (exact) mass is 652 g/mol. The molecule has 10 rings (SSSR count). The van der Waals surface area contributed by atoms with Crippen LogP contribution in [-0.2, 0) is 0 Å². The third kappa shape index (κ3) is 4.94. The van der Waals surface area contributed by atoms with Gasteiger partial charge >= 0.3 is 0 Å². The fourth-order valence-electron chi connectivity index (χ4n) is 7.11. The molecule has 0 amide bonds. The maximum absolute atomic E-state index is 6.73. The first kappa shape index (κ1) is 29.0. The van der Waals surface area contributed by atoms with Crippen LogP contribution in [0.2, 0.25) is 0 Å². The van der Waals surface area contributed by atoms with E-state index in [1.54, 1.807) is 0 Å². The van der Waals surface area contributed by atoms with E-state index in [1.807, 2.05) is 78.9 Å². The maximum Gasteiger partial charge on any atom is 0.164 e. The molecule has 0 atom stereocenters. The minimum atomic E-state index is 0.622. The summed E-state index contributed by atoms with van der Waals surface area (Å²) < 4.78 is 6.73. The van der Waals surface area contributed by atoms with Crippen LogP contribution in [0.15, 0.2) is 174 Å². The van der Waals surface area contributed by atoms with Crippen LogP contribution in [0.3, 0.4) is 0 Å². The first-order valence-corrected chi connectivity index (χ1v) is 17.0. The first-order valence-electron chi connectivity index (χ1n) is 17.0. The molecular weight excluding hydrogens is 625 g/mol. The van der Waals surface area contributed by atoms with Crippen molar-refractivity contribution in [3.63, 3.8) is 0 Å². The smallest absolute Gasteiger partial charge is 0.164 e. The second kappa shape index (κ2) is 11.9. The quantitative estimate of drug-likeness (QED) is 0.185. The summed E-state index contributed by atoms with van der Waals surface area (Å²) in [5, 5.41) is 4.17. The van der Waals surface area contributed by atoms with E-state index in [2.05, 4.69) is 91.0 Å². The molecule has 0 N–H and O–H groups in total. The summed E-state index contributed by atoms with van der Waals surface area (Å²) in [5.74, 6) is 1.89. The second-order valence-corrected chi connectivity index (χ2v) is 12.6. The number of fused-ring (bicyclic) bond motifs is 5. The highest BCUT2D eigenvalue weighted by Crippen LogP contribution is 2.44. The number of para-hydroxylation sites is 1. The van der Waals surface area contributed by atoms with Crippen molar-refractivity contribution in [3.05, 3.63) is 170 Å². The normalized spacial score (nSPS) is 11.5. The van der Waals surface area contributed by atoms with Gasteiger partial charge in [-0.05, 0) is 51.7 Å². The summed E-state index contributed by atoms with van der Waals surface area (Å²) in [6.07, 6.45) is 0. The number of rotatable bonds is 5. The lowest BCUT2D eigenvalue weighted by atomic mass is 9.91. The molecule has 51 heavy (non-hydrogen) atoms. The SMILES string of the molecule is c1ccc(-c2nc(-c3ccccc3)nc(-c3ccc(-c4ccc(-c5ccccc5)c5oc6cc7ccccc7nc6c45)c4ccccc34)n2)cc1. The minimum absolute atomic E-state index is 0.622. The lowest BCUT2D eigenvalue weighted by Gasteiger charge is -2.14. The Bertz CT molecular complexity index is 2840. The summed E-state index contributed by atoms with van der Waals surface area (Å²) in [6, 6.07) is 58.0. The lowest BCUT2D eigenvalue weighted by molar-refractivity contribution is 0.670. The Morgan fingerprint density at radius 2 is 0.882 bits per heavy atom. The molecule has 0 aliphatic heterocycles. The molecule has 0 fully saturated rings. The van der Waals surface area contributed by atoms with E-state index in [4.69, 9.17) is 24.4 Å². The Labute approximate surface area is 293 Å². The maximum atomic E-state index is 6.73. The van der Waals surface area contributed by atoms with Crippen LogP contribution in [0.1, 0.15) is 0 Å². The van der Waals surface area contributed by atoms with Gasteiger partial charge in [-0.25, -0.2) is 19.9 Å². The molecular formula is C46H28N4O. The molecule has 3 heterocycles. The van der Waals surface area contributed by atoms with Gasteiger partial charge in [-0.2, -0.15) is 0 Å². The number of hydrogen-bond acceptors (Lipinski definition) is 5. The van der Waals surface area contributed by atoms with Crippen molar-refractivity contribution >= 4 is 43.7 Å². The molecule has 5 heteroatoms. The molecule has 7 aromatic carbocycles. The van der Waals surface area contributed by atoms with E-state index in [-0.39, 0.29) is 0 Å². The highest BCUT2D eigenvalue weighted by atomic mass is 16.3. The van der Waals surface area contributed by atoms with Gasteiger partial charge in [-0.15, -0.1) is 0 Å². The summed E-state index contributed by atoms with van der Waals surface area (Å²) in [4.78, 5) is 20.2. The number of hydrogen-bond donors (Lipinski definition) is 0. The number of furan rings is 1. The van der Waals surface area contributed by atoms with Crippen molar-refractivity contribution in [2.24, 2.45) is 0 Å². The fourth-order valence-corrected chi connectivity index (χ4v) is 7.11. The van der Waals surface area contributed by atoms with Crippen molar-refractivity contribution < 1.29 is 4.42 Å². The van der Waals surface area contributed by atoms with Crippen LogP contribution < -0.4 is 0 Å². The van der Waals surface area contributed by atoms with E-state index >= 15 is 0 Å². The largest absolute Gasteiger partial charge is 0.454 e. The Kier molecular flexibility index (Phi) is 6.74. The Morgan fingerprint density at radius 1 is 0.373 bits per heavy atom. The summed E-state index contributed by atoms with van der Waals surface area (Å²) in [7, 11) is 0. The number of nitrogens with zero attached hydrogens (tertiary/aromatic N) is 4. The molecule has 0 saturated carbocycles. The van der Waals surface area contributed by atoms with Gasteiger partial charge in [0.25, 0.3) is 0 Å². The molecule has 5 nitrogen and oxygen atoms in total. The first-order chi connectivity index (χ1) is 25.3. The van der Waals surface area contributed by atoms with Gasteiger partial charge in [0.2, 0.25) is 0 Å². The lowest BCUT2D eigenvalue weighted by Crippen LogP contribution is -2.00. The molecule has 0 aliphatic rings. The molecule has 10 aromatic rings. The molecule has 0 saturated heterocycles.